The molecule has 4 heteroatoms. The van der Waals surface area contributed by atoms with Crippen molar-refractivity contribution < 1.29 is 4.79 Å². The van der Waals surface area contributed by atoms with Crippen LogP contribution in [0, 0.1) is 6.92 Å². The van der Waals surface area contributed by atoms with Gasteiger partial charge in [0, 0.05) is 11.9 Å². The molecule has 0 fully saturated rings. The van der Waals surface area contributed by atoms with Crippen LogP contribution >= 0.6 is 27.5 Å². The molecule has 1 aromatic carbocycles. The first-order valence-electron chi connectivity index (χ1n) is 5.26. The maximum atomic E-state index is 11.8. The van der Waals surface area contributed by atoms with Crippen LogP contribution in [0.15, 0.2) is 18.2 Å². The molecule has 0 spiro atoms. The van der Waals surface area contributed by atoms with Crippen molar-refractivity contribution in [2.24, 2.45) is 0 Å². The molecule has 1 N–H and O–H groups in total. The minimum Gasteiger partial charge on any atom is -0.352 e. The van der Waals surface area contributed by atoms with Gasteiger partial charge in [-0.2, -0.15) is 0 Å². The molecular formula is C12H15BrClNO. The number of benzene rings is 1. The standard InChI is InChI=1S/C12H15BrClNO/c1-9-5-4-6-10(11(9)14)12(16)15-8-3-2-7-13/h4-6H,2-3,7-8H2,1H3,(H,15,16). The Bertz CT molecular complexity index is 368. The first-order chi connectivity index (χ1) is 7.66. The van der Waals surface area contributed by atoms with Gasteiger partial charge in [0.05, 0.1) is 10.6 Å². The summed E-state index contributed by atoms with van der Waals surface area (Å²) in [6.45, 7) is 2.58. The Kier molecular flexibility index (Phi) is 5.85. The van der Waals surface area contributed by atoms with E-state index in [0.29, 0.717) is 17.1 Å². The van der Waals surface area contributed by atoms with Gasteiger partial charge in [0.15, 0.2) is 0 Å². The van der Waals surface area contributed by atoms with Crippen LogP contribution in [0.4, 0.5) is 0 Å². The number of aryl methyl sites for hydroxylation is 1. The molecule has 0 bridgehead atoms. The van der Waals surface area contributed by atoms with E-state index in [1.54, 1.807) is 6.07 Å². The Morgan fingerprint density at radius 1 is 1.44 bits per heavy atom. The molecule has 0 aliphatic rings. The lowest BCUT2D eigenvalue weighted by Gasteiger charge is -2.07. The number of unbranched alkanes of at least 4 members (excludes halogenated alkanes) is 1. The molecule has 0 aromatic heterocycles. The summed E-state index contributed by atoms with van der Waals surface area (Å²) < 4.78 is 0. The molecule has 0 unspecified atom stereocenters. The van der Waals surface area contributed by atoms with E-state index in [-0.39, 0.29) is 5.91 Å². The maximum Gasteiger partial charge on any atom is 0.252 e. The summed E-state index contributed by atoms with van der Waals surface area (Å²) >= 11 is 9.41. The quantitative estimate of drug-likeness (QED) is 0.654. The van der Waals surface area contributed by atoms with Gasteiger partial charge >= 0.3 is 0 Å². The van der Waals surface area contributed by atoms with Gasteiger partial charge in [-0.1, -0.05) is 39.7 Å². The van der Waals surface area contributed by atoms with Gasteiger partial charge in [-0.3, -0.25) is 4.79 Å². The van der Waals surface area contributed by atoms with Crippen LogP contribution in [0.25, 0.3) is 0 Å². The molecule has 0 saturated carbocycles. The van der Waals surface area contributed by atoms with Gasteiger partial charge in [-0.05, 0) is 31.4 Å². The number of amides is 1. The van der Waals surface area contributed by atoms with Crippen molar-refractivity contribution in [3.05, 3.63) is 34.3 Å². The first-order valence-corrected chi connectivity index (χ1v) is 6.76. The molecule has 0 saturated heterocycles. The average molecular weight is 305 g/mol. The third-order valence-electron chi connectivity index (χ3n) is 2.28. The molecule has 1 aromatic rings. The smallest absolute Gasteiger partial charge is 0.252 e. The second-order valence-corrected chi connectivity index (χ2v) is 4.76. The van der Waals surface area contributed by atoms with Gasteiger partial charge in [-0.25, -0.2) is 0 Å². The molecule has 2 nitrogen and oxygen atoms in total. The second kappa shape index (κ2) is 6.92. The number of hydrogen-bond acceptors (Lipinski definition) is 1. The summed E-state index contributed by atoms with van der Waals surface area (Å²) in [5, 5.41) is 4.37. The minimum absolute atomic E-state index is 0.0942. The normalized spacial score (nSPS) is 10.2. The Hall–Kier alpha value is -0.540. The highest BCUT2D eigenvalue weighted by Crippen LogP contribution is 2.19. The van der Waals surface area contributed by atoms with Gasteiger partial charge < -0.3 is 5.32 Å². The maximum absolute atomic E-state index is 11.8. The van der Waals surface area contributed by atoms with E-state index in [1.165, 1.54) is 0 Å². The zero-order chi connectivity index (χ0) is 12.0. The van der Waals surface area contributed by atoms with Crippen molar-refractivity contribution in [1.29, 1.82) is 0 Å². The van der Waals surface area contributed by atoms with Crippen LogP contribution in [-0.4, -0.2) is 17.8 Å². The molecule has 1 rings (SSSR count). The number of halogens is 2. The topological polar surface area (TPSA) is 29.1 Å². The first kappa shape index (κ1) is 13.5. The highest BCUT2D eigenvalue weighted by Gasteiger charge is 2.10. The lowest BCUT2D eigenvalue weighted by Crippen LogP contribution is -2.24. The van der Waals surface area contributed by atoms with Crippen LogP contribution in [0.1, 0.15) is 28.8 Å². The predicted octanol–water partition coefficient (Wildman–Crippen LogP) is 3.55. The van der Waals surface area contributed by atoms with E-state index in [9.17, 15) is 4.79 Å². The highest BCUT2D eigenvalue weighted by molar-refractivity contribution is 9.09. The Morgan fingerprint density at radius 2 is 2.19 bits per heavy atom. The summed E-state index contributed by atoms with van der Waals surface area (Å²) in [7, 11) is 0. The van der Waals surface area contributed by atoms with E-state index < -0.39 is 0 Å². The van der Waals surface area contributed by atoms with E-state index in [4.69, 9.17) is 11.6 Å². The third kappa shape index (κ3) is 3.80. The molecule has 88 valence electrons. The van der Waals surface area contributed by atoms with E-state index in [0.717, 1.165) is 23.7 Å². The van der Waals surface area contributed by atoms with Gasteiger partial charge in [0.1, 0.15) is 0 Å². The fraction of sp³-hybridized carbons (Fsp3) is 0.417. The van der Waals surface area contributed by atoms with Gasteiger partial charge in [0.25, 0.3) is 5.91 Å². The summed E-state index contributed by atoms with van der Waals surface area (Å²) in [5.41, 5.74) is 1.48. The van der Waals surface area contributed by atoms with Crippen molar-refractivity contribution in [2.45, 2.75) is 19.8 Å². The number of hydrogen-bond donors (Lipinski definition) is 1. The van der Waals surface area contributed by atoms with Crippen molar-refractivity contribution in [1.82, 2.24) is 5.32 Å². The molecule has 16 heavy (non-hydrogen) atoms. The molecule has 0 atom stereocenters. The van der Waals surface area contributed by atoms with Crippen molar-refractivity contribution in [3.8, 4) is 0 Å². The minimum atomic E-state index is -0.0942. The number of carbonyl (C=O) groups excluding carboxylic acids is 1. The highest BCUT2D eigenvalue weighted by atomic mass is 79.9. The molecule has 0 radical (unpaired) electrons. The lowest BCUT2D eigenvalue weighted by atomic mass is 10.1. The zero-order valence-electron chi connectivity index (χ0n) is 9.22. The van der Waals surface area contributed by atoms with Crippen LogP contribution in [0.5, 0.6) is 0 Å². The molecule has 0 heterocycles. The Balaban J connectivity index is 2.56. The fourth-order valence-electron chi connectivity index (χ4n) is 1.34. The van der Waals surface area contributed by atoms with Crippen molar-refractivity contribution >= 4 is 33.4 Å². The SMILES string of the molecule is Cc1cccc(C(=O)NCCCCBr)c1Cl. The third-order valence-corrected chi connectivity index (χ3v) is 3.34. The number of alkyl halides is 1. The summed E-state index contributed by atoms with van der Waals surface area (Å²) in [5.74, 6) is -0.0942. The van der Waals surface area contributed by atoms with Crippen LogP contribution < -0.4 is 5.32 Å². The zero-order valence-corrected chi connectivity index (χ0v) is 11.6. The lowest BCUT2D eigenvalue weighted by molar-refractivity contribution is 0.0953. The molecule has 0 aliphatic carbocycles. The average Bonchev–Trinajstić information content (AvgIpc) is 2.28. The summed E-state index contributed by atoms with van der Waals surface area (Å²) in [6, 6.07) is 5.48. The van der Waals surface area contributed by atoms with E-state index in [1.807, 2.05) is 19.1 Å². The summed E-state index contributed by atoms with van der Waals surface area (Å²) in [6.07, 6.45) is 2.03. The van der Waals surface area contributed by atoms with E-state index >= 15 is 0 Å². The van der Waals surface area contributed by atoms with E-state index in [2.05, 4.69) is 21.2 Å². The number of carbonyl (C=O) groups is 1. The Labute approximate surface area is 110 Å². The Morgan fingerprint density at radius 3 is 2.88 bits per heavy atom. The summed E-state index contributed by atoms with van der Waals surface area (Å²) in [4.78, 5) is 11.8. The fourth-order valence-corrected chi connectivity index (χ4v) is 1.95. The number of nitrogens with one attached hydrogen (secondary N) is 1. The molecule has 1 amide bonds. The monoisotopic (exact) mass is 303 g/mol. The molecule has 0 aliphatic heterocycles. The largest absolute Gasteiger partial charge is 0.352 e. The van der Waals surface area contributed by atoms with Gasteiger partial charge in [-0.15, -0.1) is 0 Å². The van der Waals surface area contributed by atoms with Gasteiger partial charge in [0.2, 0.25) is 0 Å². The molecular weight excluding hydrogens is 289 g/mol. The van der Waals surface area contributed by atoms with Crippen LogP contribution in [0.3, 0.4) is 0 Å². The van der Waals surface area contributed by atoms with Crippen molar-refractivity contribution in [3.63, 3.8) is 0 Å². The van der Waals surface area contributed by atoms with Crippen LogP contribution in [-0.2, 0) is 0 Å². The van der Waals surface area contributed by atoms with Crippen molar-refractivity contribution in [2.75, 3.05) is 11.9 Å². The predicted molar refractivity (Wildman–Crippen MR) is 71.6 cm³/mol. The second-order valence-electron chi connectivity index (χ2n) is 3.59. The van der Waals surface area contributed by atoms with Crippen LogP contribution in [0.2, 0.25) is 5.02 Å². The number of rotatable bonds is 5.